The molecular formula is C21H18F4N2O3. The van der Waals surface area contributed by atoms with E-state index in [2.05, 4.69) is 4.98 Å². The Bertz CT molecular complexity index is 1080. The van der Waals surface area contributed by atoms with Gasteiger partial charge in [-0.25, -0.2) is 4.39 Å². The van der Waals surface area contributed by atoms with Crippen molar-refractivity contribution < 1.29 is 32.2 Å². The van der Waals surface area contributed by atoms with Gasteiger partial charge in [0.25, 0.3) is 0 Å². The summed E-state index contributed by atoms with van der Waals surface area (Å²) < 4.78 is 57.6. The van der Waals surface area contributed by atoms with E-state index in [9.17, 15) is 27.5 Å². The fraction of sp³-hybridized carbons (Fsp3) is 0.238. The van der Waals surface area contributed by atoms with Crippen LogP contribution in [0.5, 0.6) is 5.75 Å². The smallest absolute Gasteiger partial charge is 0.471 e. The number of rotatable bonds is 5. The molecular weight excluding hydrogens is 404 g/mol. The SMILES string of the molecule is COc1cc(C(C)NC(=O)C(F)(F)F)cc(F)c1C(O)c1cccc2cnccc12. The third kappa shape index (κ3) is 4.20. The average molecular weight is 422 g/mol. The number of hydrogen-bond donors (Lipinski definition) is 2. The van der Waals surface area contributed by atoms with Crippen LogP contribution in [0, 0.1) is 5.82 Å². The summed E-state index contributed by atoms with van der Waals surface area (Å²) in [5, 5.41) is 14.1. The van der Waals surface area contributed by atoms with Gasteiger partial charge in [-0.3, -0.25) is 9.78 Å². The van der Waals surface area contributed by atoms with Gasteiger partial charge in [-0.1, -0.05) is 18.2 Å². The molecule has 0 saturated heterocycles. The van der Waals surface area contributed by atoms with Gasteiger partial charge >= 0.3 is 12.1 Å². The highest BCUT2D eigenvalue weighted by atomic mass is 19.4. The number of methoxy groups -OCH3 is 1. The lowest BCUT2D eigenvalue weighted by molar-refractivity contribution is -0.174. The fourth-order valence-corrected chi connectivity index (χ4v) is 3.20. The number of nitrogens with one attached hydrogen (secondary N) is 1. The number of pyridine rings is 1. The number of benzene rings is 2. The molecule has 1 amide bonds. The molecule has 0 aliphatic carbocycles. The quantitative estimate of drug-likeness (QED) is 0.605. The number of ether oxygens (including phenoxy) is 1. The van der Waals surface area contributed by atoms with Gasteiger partial charge in [0.05, 0.1) is 18.7 Å². The van der Waals surface area contributed by atoms with Crippen LogP contribution < -0.4 is 10.1 Å². The van der Waals surface area contributed by atoms with Crippen molar-refractivity contribution in [1.29, 1.82) is 0 Å². The van der Waals surface area contributed by atoms with Crippen molar-refractivity contribution >= 4 is 16.7 Å². The van der Waals surface area contributed by atoms with E-state index < -0.39 is 30.0 Å². The number of fused-ring (bicyclic) bond motifs is 1. The zero-order valence-electron chi connectivity index (χ0n) is 16.0. The van der Waals surface area contributed by atoms with Crippen molar-refractivity contribution in [1.82, 2.24) is 10.3 Å². The van der Waals surface area contributed by atoms with Gasteiger partial charge in [0, 0.05) is 17.8 Å². The number of nitrogens with zero attached hydrogens (tertiary/aromatic N) is 1. The molecule has 0 aliphatic heterocycles. The number of aromatic nitrogens is 1. The first-order valence-electron chi connectivity index (χ1n) is 8.89. The Hall–Kier alpha value is -3.20. The van der Waals surface area contributed by atoms with Crippen molar-refractivity contribution in [2.75, 3.05) is 7.11 Å². The molecule has 0 fully saturated rings. The Kier molecular flexibility index (Phi) is 5.93. The molecule has 0 aliphatic rings. The van der Waals surface area contributed by atoms with Crippen LogP contribution in [-0.2, 0) is 4.79 Å². The molecule has 0 bridgehead atoms. The van der Waals surface area contributed by atoms with E-state index >= 15 is 0 Å². The first-order chi connectivity index (χ1) is 14.1. The maximum absolute atomic E-state index is 15.0. The Morgan fingerprint density at radius 3 is 2.63 bits per heavy atom. The lowest BCUT2D eigenvalue weighted by Crippen LogP contribution is -2.38. The Morgan fingerprint density at radius 2 is 1.97 bits per heavy atom. The van der Waals surface area contributed by atoms with Crippen LogP contribution in [0.4, 0.5) is 17.6 Å². The van der Waals surface area contributed by atoms with E-state index in [0.29, 0.717) is 10.9 Å². The Labute approximate surface area is 169 Å². The van der Waals surface area contributed by atoms with Crippen molar-refractivity contribution in [3.8, 4) is 5.75 Å². The highest BCUT2D eigenvalue weighted by Crippen LogP contribution is 2.37. The predicted octanol–water partition coefficient (Wildman–Crippen LogP) is 4.20. The average Bonchev–Trinajstić information content (AvgIpc) is 2.71. The van der Waals surface area contributed by atoms with Crippen molar-refractivity contribution in [3.05, 3.63) is 71.3 Å². The largest absolute Gasteiger partial charge is 0.496 e. The van der Waals surface area contributed by atoms with Gasteiger partial charge < -0.3 is 15.2 Å². The van der Waals surface area contributed by atoms with Crippen LogP contribution in [0.3, 0.4) is 0 Å². The minimum absolute atomic E-state index is 0.0556. The van der Waals surface area contributed by atoms with Gasteiger partial charge in [-0.15, -0.1) is 0 Å². The number of hydrogen-bond acceptors (Lipinski definition) is 4. The maximum Gasteiger partial charge on any atom is 0.471 e. The van der Waals surface area contributed by atoms with E-state index in [1.807, 2.05) is 0 Å². The molecule has 2 aromatic carbocycles. The highest BCUT2D eigenvalue weighted by Gasteiger charge is 2.39. The monoisotopic (exact) mass is 422 g/mol. The molecule has 5 nitrogen and oxygen atoms in total. The molecule has 0 radical (unpaired) electrons. The molecule has 30 heavy (non-hydrogen) atoms. The lowest BCUT2D eigenvalue weighted by atomic mass is 9.94. The van der Waals surface area contributed by atoms with Crippen molar-refractivity contribution in [2.45, 2.75) is 25.2 Å². The minimum atomic E-state index is -5.06. The Morgan fingerprint density at radius 1 is 1.23 bits per heavy atom. The van der Waals surface area contributed by atoms with Crippen LogP contribution in [0.25, 0.3) is 10.8 Å². The molecule has 158 valence electrons. The molecule has 1 aromatic heterocycles. The van der Waals surface area contributed by atoms with Crippen LogP contribution in [0.2, 0.25) is 0 Å². The van der Waals surface area contributed by atoms with Crippen LogP contribution in [0.15, 0.2) is 48.8 Å². The number of carbonyl (C=O) groups excluding carboxylic acids is 1. The number of carbonyl (C=O) groups is 1. The van der Waals surface area contributed by atoms with E-state index in [-0.39, 0.29) is 16.9 Å². The van der Waals surface area contributed by atoms with Crippen LogP contribution in [-0.4, -0.2) is 29.3 Å². The molecule has 0 spiro atoms. The second-order valence-corrected chi connectivity index (χ2v) is 6.66. The topological polar surface area (TPSA) is 71.5 Å². The number of aliphatic hydroxyl groups excluding tert-OH is 1. The third-order valence-electron chi connectivity index (χ3n) is 4.72. The number of aliphatic hydroxyl groups is 1. The normalized spacial score (nSPS) is 13.7. The van der Waals surface area contributed by atoms with E-state index in [0.717, 1.165) is 11.5 Å². The van der Waals surface area contributed by atoms with Crippen LogP contribution >= 0.6 is 0 Å². The summed E-state index contributed by atoms with van der Waals surface area (Å²) in [6, 6.07) is 7.91. The first-order valence-corrected chi connectivity index (χ1v) is 8.89. The van der Waals surface area contributed by atoms with E-state index in [1.54, 1.807) is 42.0 Å². The van der Waals surface area contributed by atoms with Crippen molar-refractivity contribution in [3.63, 3.8) is 0 Å². The van der Waals surface area contributed by atoms with Gasteiger partial charge in [0.1, 0.15) is 17.7 Å². The summed E-state index contributed by atoms with van der Waals surface area (Å²) in [5.41, 5.74) is 0.304. The molecule has 0 saturated carbocycles. The molecule has 2 unspecified atom stereocenters. The Balaban J connectivity index is 2.01. The van der Waals surface area contributed by atoms with Gasteiger partial charge in [-0.05, 0) is 41.6 Å². The summed E-state index contributed by atoms with van der Waals surface area (Å²) in [6.45, 7) is 1.28. The van der Waals surface area contributed by atoms with E-state index in [1.165, 1.54) is 20.1 Å². The number of amides is 1. The summed E-state index contributed by atoms with van der Waals surface area (Å²) >= 11 is 0. The highest BCUT2D eigenvalue weighted by molar-refractivity contribution is 5.85. The molecule has 9 heteroatoms. The molecule has 3 rings (SSSR count). The number of alkyl halides is 3. The summed E-state index contributed by atoms with van der Waals surface area (Å²) in [5.74, 6) is -3.07. The van der Waals surface area contributed by atoms with E-state index in [4.69, 9.17) is 4.74 Å². The van der Waals surface area contributed by atoms with Gasteiger partial charge in [-0.2, -0.15) is 13.2 Å². The van der Waals surface area contributed by atoms with Crippen molar-refractivity contribution in [2.24, 2.45) is 0 Å². The predicted molar refractivity (Wildman–Crippen MR) is 101 cm³/mol. The second kappa shape index (κ2) is 8.27. The van der Waals surface area contributed by atoms with Gasteiger partial charge in [0.2, 0.25) is 0 Å². The molecule has 2 N–H and O–H groups in total. The first kappa shape index (κ1) is 21.5. The summed E-state index contributed by atoms with van der Waals surface area (Å²) in [6.07, 6.45) is -3.32. The molecule has 1 heterocycles. The molecule has 2 atom stereocenters. The number of halogens is 4. The lowest BCUT2D eigenvalue weighted by Gasteiger charge is -2.21. The summed E-state index contributed by atoms with van der Waals surface area (Å²) in [7, 11) is 1.25. The zero-order valence-corrected chi connectivity index (χ0v) is 16.0. The summed E-state index contributed by atoms with van der Waals surface area (Å²) in [4.78, 5) is 15.2. The minimum Gasteiger partial charge on any atom is -0.496 e. The van der Waals surface area contributed by atoms with Crippen LogP contribution in [0.1, 0.15) is 35.8 Å². The standard InChI is InChI=1S/C21H18F4N2O3/c1-11(27-20(29)21(23,24)25)13-8-16(22)18(17(9-13)30-2)19(28)15-5-3-4-12-10-26-7-6-14(12)15/h3-11,19,28H,1-2H3,(H,27,29). The fourth-order valence-electron chi connectivity index (χ4n) is 3.20. The maximum atomic E-state index is 15.0. The third-order valence-corrected chi connectivity index (χ3v) is 4.72. The zero-order chi connectivity index (χ0) is 22.1. The second-order valence-electron chi connectivity index (χ2n) is 6.66. The van der Waals surface area contributed by atoms with Gasteiger partial charge in [0.15, 0.2) is 0 Å². The molecule has 3 aromatic rings.